The Balaban J connectivity index is 1.18. The Hall–Kier alpha value is -0.780. The first-order chi connectivity index (χ1) is 40.9. The van der Waals surface area contributed by atoms with Crippen LogP contribution in [0.2, 0.25) is 0 Å². The summed E-state index contributed by atoms with van der Waals surface area (Å²) in [7, 11) is -6.70. The molecule has 21 aliphatic rings. The van der Waals surface area contributed by atoms with E-state index >= 15 is 8.42 Å². The lowest BCUT2D eigenvalue weighted by molar-refractivity contribution is -0.0576. The molecule has 0 aromatic heterocycles. The van der Waals surface area contributed by atoms with Crippen LogP contribution in [0.1, 0.15) is 77.0 Å². The standard InChI is InChI=1S/C57H102O24S6/c1-70-43-15-36-27-83(60,61)30-39-19-52(79-10)55(22-49(39)76-7)86(66,67)33-42-18-47(74-5)38(17-48(42)75-6)29-85(64,65)32-41-21-54(81-12)57(24-51(41)78-9)87(68,69)56-23-50(77-8)40(20-53(56)80-11)31-84(62,63)28-37-16-44(71-2)35(14-46(37)73-4)26-82(58,59)25-34(43)13-45(36)72-3/h34-57H,13-33H2,1-12H3/t34-,35-,36-,37-,38-,39+,40+,41+,42-,43?,44?,45?,46?,47?,48?,49?,50?,51?,52?,53?,54?,55-,56-,57-/m1/s1. The summed E-state index contributed by atoms with van der Waals surface area (Å²) in [5.41, 5.74) is 0. The molecule has 0 aromatic rings. The molecule has 0 aromatic carbocycles. The van der Waals surface area contributed by atoms with E-state index < -0.39 is 201 Å². The quantitative estimate of drug-likeness (QED) is 0.270. The van der Waals surface area contributed by atoms with Gasteiger partial charge in [-0.1, -0.05) is 0 Å². The highest BCUT2D eigenvalue weighted by Crippen LogP contribution is 2.45. The molecule has 0 spiro atoms. The molecule has 15 aliphatic heterocycles. The normalized spacial score (nSPS) is 44.6. The summed E-state index contributed by atoms with van der Waals surface area (Å²) in [5.74, 6) is -8.42. The zero-order valence-corrected chi connectivity index (χ0v) is 57.9. The fraction of sp³-hybridized carbons (Fsp3) is 1.00. The van der Waals surface area contributed by atoms with Crippen LogP contribution in [-0.4, -0.2) is 277 Å². The summed E-state index contributed by atoms with van der Waals surface area (Å²) in [6.07, 6.45) is -8.23. The molecule has 30 heteroatoms. The minimum absolute atomic E-state index is 0.0227. The van der Waals surface area contributed by atoms with Crippen LogP contribution in [0.25, 0.3) is 0 Å². The summed E-state index contributed by atoms with van der Waals surface area (Å²) in [4.78, 5) is 0. The smallest absolute Gasteiger partial charge is 0.161 e. The van der Waals surface area contributed by atoms with Crippen molar-refractivity contribution in [2.24, 2.45) is 53.3 Å². The summed E-state index contributed by atoms with van der Waals surface area (Å²) < 4.78 is 246. The highest BCUT2D eigenvalue weighted by atomic mass is 32.2. The van der Waals surface area contributed by atoms with E-state index in [0.717, 1.165) is 0 Å². The van der Waals surface area contributed by atoms with Gasteiger partial charge in [0.05, 0.1) is 141 Å². The summed E-state index contributed by atoms with van der Waals surface area (Å²) >= 11 is 0. The molecular weight excluding hydrogens is 1260 g/mol. The summed E-state index contributed by atoms with van der Waals surface area (Å²) in [6.45, 7) is 0. The van der Waals surface area contributed by atoms with Crippen molar-refractivity contribution in [3.63, 3.8) is 0 Å². The van der Waals surface area contributed by atoms with Crippen LogP contribution in [0, 0.1) is 53.3 Å². The van der Waals surface area contributed by atoms with Crippen LogP contribution in [0.5, 0.6) is 0 Å². The highest BCUT2D eigenvalue weighted by Gasteiger charge is 2.55. The highest BCUT2D eigenvalue weighted by molar-refractivity contribution is 7.93. The minimum Gasteiger partial charge on any atom is -0.381 e. The lowest BCUT2D eigenvalue weighted by Crippen LogP contribution is -2.56. The van der Waals surface area contributed by atoms with E-state index in [0.29, 0.717) is 0 Å². The summed E-state index contributed by atoms with van der Waals surface area (Å²) in [6, 6.07) is 0. The average Bonchev–Trinajstić information content (AvgIpc) is 0.919. The first-order valence-electron chi connectivity index (χ1n) is 30.5. The number of hydrogen-bond donors (Lipinski definition) is 0. The Morgan fingerprint density at radius 3 is 0.540 bits per heavy atom. The topological polar surface area (TPSA) is 316 Å². The lowest BCUT2D eigenvalue weighted by atomic mass is 9.79. The number of hydrogen-bond acceptors (Lipinski definition) is 24. The third-order valence-electron chi connectivity index (χ3n) is 21.3. The molecule has 24 atom stereocenters. The van der Waals surface area contributed by atoms with E-state index in [4.69, 9.17) is 56.8 Å². The maximum absolute atomic E-state index is 15.1. The van der Waals surface area contributed by atoms with E-state index in [2.05, 4.69) is 0 Å². The van der Waals surface area contributed by atoms with Crippen molar-refractivity contribution in [2.75, 3.05) is 137 Å². The Bertz CT molecular complexity index is 2910. The van der Waals surface area contributed by atoms with Crippen LogP contribution < -0.4 is 0 Å². The first-order valence-corrected chi connectivity index (χ1v) is 41.1. The largest absolute Gasteiger partial charge is 0.381 e. The molecule has 6 saturated carbocycles. The minimum atomic E-state index is -4.19. The van der Waals surface area contributed by atoms with Gasteiger partial charge < -0.3 is 56.8 Å². The van der Waals surface area contributed by atoms with Gasteiger partial charge in [-0.2, -0.15) is 0 Å². The molecule has 15 saturated heterocycles. The van der Waals surface area contributed by atoms with Crippen LogP contribution in [-0.2, 0) is 116 Å². The van der Waals surface area contributed by atoms with Crippen molar-refractivity contribution in [3.8, 4) is 0 Å². The number of methoxy groups -OCH3 is 12. The molecule has 0 radical (unpaired) electrons. The SMILES string of the molecule is COC1C[C@@H]2CS(=O)(=O)C[C@@H]3CC(OC)[C@@H](CC3OC)S(=O)(=O)C[C@H]3CC(OC)[C@H](CC3OC)CS(=O)(=O)C[C@@H]3CC(OC)[C@@H](CC3OC)S(=O)(=O)[C@@H]3CC(OC)[C@@H](CC3OC)CS(=O)(=O)C[C@H]3CC(OC)[C@H](CC3OC)CS(=O)(=O)C[C@H]1CC2OC. The Morgan fingerprint density at radius 1 is 0.195 bits per heavy atom. The molecule has 0 amide bonds. The van der Waals surface area contributed by atoms with Crippen LogP contribution >= 0.6 is 0 Å². The van der Waals surface area contributed by atoms with Crippen molar-refractivity contribution >= 4 is 59.0 Å². The molecule has 87 heavy (non-hydrogen) atoms. The fourth-order valence-electron chi connectivity index (χ4n) is 16.9. The van der Waals surface area contributed by atoms with Crippen molar-refractivity contribution in [3.05, 3.63) is 0 Å². The van der Waals surface area contributed by atoms with Crippen molar-refractivity contribution in [1.82, 2.24) is 0 Å². The van der Waals surface area contributed by atoms with Gasteiger partial charge in [-0.3, -0.25) is 0 Å². The second kappa shape index (κ2) is 30.7. The van der Waals surface area contributed by atoms with Gasteiger partial charge in [-0.15, -0.1) is 0 Å². The van der Waals surface area contributed by atoms with E-state index in [1.807, 2.05) is 0 Å². The molecule has 15 heterocycles. The van der Waals surface area contributed by atoms with Gasteiger partial charge in [-0.25, -0.2) is 50.5 Å². The van der Waals surface area contributed by atoms with E-state index in [-0.39, 0.29) is 129 Å². The lowest BCUT2D eigenvalue weighted by Gasteiger charge is -2.45. The molecule has 510 valence electrons. The number of sulfone groups is 6. The zero-order valence-electron chi connectivity index (χ0n) is 53.0. The molecule has 24 nitrogen and oxygen atoms in total. The van der Waals surface area contributed by atoms with Crippen LogP contribution in [0.4, 0.5) is 0 Å². The molecule has 21 rings (SSSR count). The van der Waals surface area contributed by atoms with Gasteiger partial charge in [0.25, 0.3) is 0 Å². The van der Waals surface area contributed by atoms with Crippen molar-refractivity contribution in [1.29, 1.82) is 0 Å². The third-order valence-corrected chi connectivity index (χ3v) is 33.8. The maximum atomic E-state index is 15.1. The maximum Gasteiger partial charge on any atom is 0.161 e. The number of rotatable bonds is 12. The van der Waals surface area contributed by atoms with E-state index in [1.54, 1.807) is 0 Å². The Morgan fingerprint density at radius 2 is 0.345 bits per heavy atom. The van der Waals surface area contributed by atoms with E-state index in [1.165, 1.54) is 85.3 Å². The predicted molar refractivity (Wildman–Crippen MR) is 325 cm³/mol. The first kappa shape index (κ1) is 73.6. The Kier molecular flexibility index (Phi) is 26.0. The van der Waals surface area contributed by atoms with Gasteiger partial charge >= 0.3 is 0 Å². The second-order valence-electron chi connectivity index (χ2n) is 26.3. The van der Waals surface area contributed by atoms with Crippen LogP contribution in [0.3, 0.4) is 0 Å². The Labute approximate surface area is 519 Å². The van der Waals surface area contributed by atoms with Gasteiger partial charge in [0, 0.05) is 139 Å². The van der Waals surface area contributed by atoms with Gasteiger partial charge in [0.2, 0.25) is 0 Å². The fourth-order valence-corrected chi connectivity index (χ4v) is 30.5. The molecule has 0 N–H and O–H groups in total. The van der Waals surface area contributed by atoms with Gasteiger partial charge in [0.15, 0.2) is 59.0 Å². The van der Waals surface area contributed by atoms with Gasteiger partial charge in [0.1, 0.15) is 0 Å². The molecule has 21 fully saturated rings. The molecule has 12 bridgehead atoms. The average molecular weight is 1360 g/mol. The third kappa shape index (κ3) is 17.8. The molecular formula is C57H102O24S6. The van der Waals surface area contributed by atoms with Gasteiger partial charge in [-0.05, 0) is 77.0 Å². The predicted octanol–water partition coefficient (Wildman–Crippen LogP) is 2.08. The monoisotopic (exact) mass is 1360 g/mol. The molecule has 6 aliphatic carbocycles. The van der Waals surface area contributed by atoms with Crippen LogP contribution in [0.15, 0.2) is 0 Å². The molecule has 12 unspecified atom stereocenters. The second-order valence-corrected chi connectivity index (χ2v) is 39.6. The summed E-state index contributed by atoms with van der Waals surface area (Å²) in [5, 5.41) is -3.37. The zero-order chi connectivity index (χ0) is 64.2. The van der Waals surface area contributed by atoms with Crippen molar-refractivity contribution in [2.45, 2.75) is 166 Å². The van der Waals surface area contributed by atoms with E-state index in [9.17, 15) is 42.1 Å². The number of ether oxygens (including phenoxy) is 12. The van der Waals surface area contributed by atoms with Crippen molar-refractivity contribution < 1.29 is 107 Å².